The molecule has 0 saturated carbocycles. The molecule has 0 radical (unpaired) electrons. The largest absolute Gasteiger partial charge is 0.381 e. The molecule has 7 heteroatoms. The fourth-order valence-corrected chi connectivity index (χ4v) is 4.14. The Kier molecular flexibility index (Phi) is 6.46. The van der Waals surface area contributed by atoms with Gasteiger partial charge >= 0.3 is 0 Å². The number of nitrogens with one attached hydrogen (secondary N) is 1. The van der Waals surface area contributed by atoms with Crippen LogP contribution < -0.4 is 11.1 Å². The highest BCUT2D eigenvalue weighted by Gasteiger charge is 2.42. The van der Waals surface area contributed by atoms with E-state index in [4.69, 9.17) is 10.5 Å². The van der Waals surface area contributed by atoms with Crippen molar-refractivity contribution in [2.75, 3.05) is 31.3 Å². The lowest BCUT2D eigenvalue weighted by molar-refractivity contribution is 0.0768. The van der Waals surface area contributed by atoms with Crippen LogP contribution in [0.5, 0.6) is 0 Å². The lowest BCUT2D eigenvalue weighted by Crippen LogP contribution is -2.46. The van der Waals surface area contributed by atoms with E-state index in [0.29, 0.717) is 32.0 Å². The van der Waals surface area contributed by atoms with Crippen LogP contribution in [0.3, 0.4) is 0 Å². The van der Waals surface area contributed by atoms with E-state index in [1.54, 1.807) is 0 Å². The molecule has 1 aromatic rings. The first-order chi connectivity index (χ1) is 11.8. The van der Waals surface area contributed by atoms with E-state index in [9.17, 15) is 8.42 Å². The zero-order valence-corrected chi connectivity index (χ0v) is 16.1. The molecule has 1 unspecified atom stereocenters. The molecular weight excluding hydrogens is 338 g/mol. The summed E-state index contributed by atoms with van der Waals surface area (Å²) in [7, 11) is -3.24. The topological polar surface area (TPSA) is 93.8 Å². The Morgan fingerprint density at radius 1 is 1.32 bits per heavy atom. The molecule has 1 saturated heterocycles. The number of hydrogen-bond acceptors (Lipinski definition) is 4. The molecule has 25 heavy (non-hydrogen) atoms. The maximum atomic E-state index is 12.2. The summed E-state index contributed by atoms with van der Waals surface area (Å²) in [5, 5.41) is 3.04. The van der Waals surface area contributed by atoms with Gasteiger partial charge in [-0.1, -0.05) is 26.0 Å². The molecule has 6 nitrogen and oxygen atoms in total. The number of sulfone groups is 1. The quantitative estimate of drug-likeness (QED) is 0.595. The first-order valence-electron chi connectivity index (χ1n) is 8.71. The SMILES string of the molecule is CCC(C)c1ccc(NC(N)=NCC2(S(C)(=O)=O)CCOCC2)cc1. The summed E-state index contributed by atoms with van der Waals surface area (Å²) < 4.78 is 28.9. The predicted octanol–water partition coefficient (Wildman–Crippen LogP) is 2.52. The zero-order valence-electron chi connectivity index (χ0n) is 15.3. The Bertz CT molecular complexity index is 693. The van der Waals surface area contributed by atoms with E-state index in [1.165, 1.54) is 11.8 Å². The zero-order chi connectivity index (χ0) is 18.5. The van der Waals surface area contributed by atoms with E-state index >= 15 is 0 Å². The van der Waals surface area contributed by atoms with Crippen molar-refractivity contribution in [2.24, 2.45) is 10.7 Å². The van der Waals surface area contributed by atoms with Gasteiger partial charge in [0.2, 0.25) is 0 Å². The number of nitrogens with two attached hydrogens (primary N) is 1. The average molecular weight is 368 g/mol. The van der Waals surface area contributed by atoms with Crippen LogP contribution in [0.25, 0.3) is 0 Å². The van der Waals surface area contributed by atoms with Crippen LogP contribution >= 0.6 is 0 Å². The van der Waals surface area contributed by atoms with Crippen molar-refractivity contribution in [2.45, 2.75) is 43.8 Å². The highest BCUT2D eigenvalue weighted by molar-refractivity contribution is 7.92. The van der Waals surface area contributed by atoms with Gasteiger partial charge in [-0.05, 0) is 42.9 Å². The van der Waals surface area contributed by atoms with E-state index in [-0.39, 0.29) is 12.5 Å². The number of rotatable bonds is 6. The summed E-state index contributed by atoms with van der Waals surface area (Å²) >= 11 is 0. The molecule has 1 atom stereocenters. The van der Waals surface area contributed by atoms with E-state index < -0.39 is 14.6 Å². The van der Waals surface area contributed by atoms with Crippen molar-refractivity contribution in [1.29, 1.82) is 0 Å². The van der Waals surface area contributed by atoms with E-state index in [0.717, 1.165) is 12.1 Å². The van der Waals surface area contributed by atoms with Gasteiger partial charge in [0.15, 0.2) is 15.8 Å². The van der Waals surface area contributed by atoms with Crippen LogP contribution in [0.15, 0.2) is 29.3 Å². The van der Waals surface area contributed by atoms with Gasteiger partial charge in [0, 0.05) is 25.2 Å². The maximum Gasteiger partial charge on any atom is 0.193 e. The molecule has 0 amide bonds. The van der Waals surface area contributed by atoms with Gasteiger partial charge < -0.3 is 15.8 Å². The minimum atomic E-state index is -3.24. The molecule has 0 aliphatic carbocycles. The molecule has 0 spiro atoms. The molecule has 1 fully saturated rings. The molecule has 1 aliphatic heterocycles. The molecule has 0 aromatic heterocycles. The molecule has 1 aliphatic rings. The number of ether oxygens (including phenoxy) is 1. The lowest BCUT2D eigenvalue weighted by atomic mass is 9.99. The highest BCUT2D eigenvalue weighted by Crippen LogP contribution is 2.29. The second kappa shape index (κ2) is 8.19. The van der Waals surface area contributed by atoms with Crippen molar-refractivity contribution in [3.63, 3.8) is 0 Å². The number of anilines is 1. The Labute approximate surface area is 150 Å². The number of guanidine groups is 1. The van der Waals surface area contributed by atoms with Crippen LogP contribution in [-0.4, -0.2) is 45.1 Å². The van der Waals surface area contributed by atoms with Crippen molar-refractivity contribution < 1.29 is 13.2 Å². The molecule has 3 N–H and O–H groups in total. The summed E-state index contributed by atoms with van der Waals surface area (Å²) in [6.45, 7) is 5.38. The Balaban J connectivity index is 2.05. The Morgan fingerprint density at radius 3 is 2.44 bits per heavy atom. The highest BCUT2D eigenvalue weighted by atomic mass is 32.2. The summed E-state index contributed by atoms with van der Waals surface area (Å²) in [5.74, 6) is 0.744. The molecule has 2 rings (SSSR count). The minimum Gasteiger partial charge on any atom is -0.381 e. The van der Waals surface area contributed by atoms with Gasteiger partial charge in [0.1, 0.15) is 0 Å². The van der Waals surface area contributed by atoms with Gasteiger partial charge in [-0.25, -0.2) is 8.42 Å². The Hall–Kier alpha value is -1.60. The molecule has 1 aromatic carbocycles. The predicted molar refractivity (Wildman–Crippen MR) is 103 cm³/mol. The fraction of sp³-hybridized carbons (Fsp3) is 0.611. The molecule has 0 bridgehead atoms. The van der Waals surface area contributed by atoms with Gasteiger partial charge in [0.25, 0.3) is 0 Å². The number of hydrogen-bond donors (Lipinski definition) is 2. The van der Waals surface area contributed by atoms with Crippen LogP contribution in [-0.2, 0) is 14.6 Å². The van der Waals surface area contributed by atoms with Crippen LogP contribution in [0.4, 0.5) is 5.69 Å². The standard InChI is InChI=1S/C18H29N3O3S/c1-4-14(2)15-5-7-16(8-6-15)21-17(19)20-13-18(25(3,22)23)9-11-24-12-10-18/h5-8,14H,4,9-13H2,1-3H3,(H3,19,20,21). The van der Waals surface area contributed by atoms with Gasteiger partial charge in [-0.2, -0.15) is 0 Å². The van der Waals surface area contributed by atoms with Crippen molar-refractivity contribution in [1.82, 2.24) is 0 Å². The summed E-state index contributed by atoms with van der Waals surface area (Å²) in [4.78, 5) is 4.30. The fourth-order valence-electron chi connectivity index (χ4n) is 2.94. The van der Waals surface area contributed by atoms with Gasteiger partial charge in [-0.15, -0.1) is 0 Å². The summed E-state index contributed by atoms with van der Waals surface area (Å²) in [5.41, 5.74) is 8.08. The third-order valence-electron chi connectivity index (χ3n) is 5.09. The minimum absolute atomic E-state index is 0.152. The van der Waals surface area contributed by atoms with Gasteiger partial charge in [0.05, 0.1) is 11.3 Å². The summed E-state index contributed by atoms with van der Waals surface area (Å²) in [6, 6.07) is 8.07. The van der Waals surface area contributed by atoms with Crippen LogP contribution in [0.1, 0.15) is 44.6 Å². The second-order valence-electron chi connectivity index (χ2n) is 6.83. The van der Waals surface area contributed by atoms with E-state index in [1.807, 2.05) is 12.1 Å². The van der Waals surface area contributed by atoms with E-state index in [2.05, 4.69) is 36.3 Å². The third kappa shape index (κ3) is 4.95. The van der Waals surface area contributed by atoms with Gasteiger partial charge in [-0.3, -0.25) is 4.99 Å². The average Bonchev–Trinajstić information content (AvgIpc) is 2.60. The third-order valence-corrected chi connectivity index (χ3v) is 7.20. The Morgan fingerprint density at radius 2 is 1.92 bits per heavy atom. The van der Waals surface area contributed by atoms with Crippen molar-refractivity contribution >= 4 is 21.5 Å². The number of nitrogens with zero attached hydrogens (tertiary/aromatic N) is 1. The number of benzene rings is 1. The van der Waals surface area contributed by atoms with Crippen molar-refractivity contribution in [3.05, 3.63) is 29.8 Å². The van der Waals surface area contributed by atoms with Crippen LogP contribution in [0, 0.1) is 0 Å². The smallest absolute Gasteiger partial charge is 0.193 e. The molecule has 140 valence electrons. The van der Waals surface area contributed by atoms with Crippen molar-refractivity contribution in [3.8, 4) is 0 Å². The lowest BCUT2D eigenvalue weighted by Gasteiger charge is -2.34. The van der Waals surface area contributed by atoms with Crippen LogP contribution in [0.2, 0.25) is 0 Å². The second-order valence-corrected chi connectivity index (χ2v) is 9.24. The molecular formula is C18H29N3O3S. The molecule has 1 heterocycles. The maximum absolute atomic E-state index is 12.2. The number of aliphatic imine (C=N–C) groups is 1. The first kappa shape index (κ1) is 19.7. The monoisotopic (exact) mass is 367 g/mol. The normalized spacial score (nSPS) is 19.4. The first-order valence-corrected chi connectivity index (χ1v) is 10.6. The summed E-state index contributed by atoms with van der Waals surface area (Å²) in [6.07, 6.45) is 3.26.